The van der Waals surface area contributed by atoms with Crippen molar-refractivity contribution in [1.82, 2.24) is 4.31 Å². The summed E-state index contributed by atoms with van der Waals surface area (Å²) in [6, 6.07) is 14.4. The van der Waals surface area contributed by atoms with E-state index in [0.29, 0.717) is 43.3 Å². The van der Waals surface area contributed by atoms with Crippen LogP contribution in [0.15, 0.2) is 58.3 Å². The molecule has 1 amide bonds. The molecule has 0 saturated carbocycles. The van der Waals surface area contributed by atoms with Crippen LogP contribution in [-0.4, -0.2) is 44.1 Å². The van der Waals surface area contributed by atoms with Crippen LogP contribution in [0.4, 0.5) is 5.69 Å². The van der Waals surface area contributed by atoms with Crippen molar-refractivity contribution in [3.05, 3.63) is 48.5 Å². The molecule has 0 saturated heterocycles. The molecule has 2 aromatic rings. The van der Waals surface area contributed by atoms with Gasteiger partial charge in [0.15, 0.2) is 0 Å². The van der Waals surface area contributed by atoms with Gasteiger partial charge in [-0.1, -0.05) is 32.0 Å². The molecule has 0 spiro atoms. The second-order valence-electron chi connectivity index (χ2n) is 6.14. The molecule has 6 nitrogen and oxygen atoms in total. The number of nitrogens with one attached hydrogen (secondary N) is 1. The summed E-state index contributed by atoms with van der Waals surface area (Å²) < 4.78 is 32.5. The van der Waals surface area contributed by atoms with Gasteiger partial charge in [-0.25, -0.2) is 8.42 Å². The maximum absolute atomic E-state index is 12.8. The van der Waals surface area contributed by atoms with Gasteiger partial charge in [-0.05, 0) is 37.3 Å². The van der Waals surface area contributed by atoms with Crippen LogP contribution in [0.3, 0.4) is 0 Å². The Hall–Kier alpha value is -2.03. The fraction of sp³-hybridized carbons (Fsp3) is 0.381. The summed E-state index contributed by atoms with van der Waals surface area (Å²) in [5.74, 6) is 0.888. The van der Waals surface area contributed by atoms with Gasteiger partial charge >= 0.3 is 0 Å². The Bertz CT molecular complexity index is 898. The highest BCUT2D eigenvalue weighted by Crippen LogP contribution is 2.29. The van der Waals surface area contributed by atoms with Crippen molar-refractivity contribution < 1.29 is 17.9 Å². The molecule has 0 aliphatic rings. The SMILES string of the molecule is CCOc1ccc(S(=O)(=O)N(CC)CC)cc1NC(=O)CCSc1ccccc1. The maximum Gasteiger partial charge on any atom is 0.243 e. The lowest BCUT2D eigenvalue weighted by Crippen LogP contribution is -2.30. The number of sulfonamides is 1. The molecule has 8 heteroatoms. The van der Waals surface area contributed by atoms with Gasteiger partial charge in [0.2, 0.25) is 15.9 Å². The number of hydrogen-bond acceptors (Lipinski definition) is 5. The minimum Gasteiger partial charge on any atom is -0.492 e. The van der Waals surface area contributed by atoms with Gasteiger partial charge in [0, 0.05) is 30.2 Å². The number of amides is 1. The molecule has 0 atom stereocenters. The van der Waals surface area contributed by atoms with E-state index in [1.54, 1.807) is 31.7 Å². The van der Waals surface area contributed by atoms with E-state index < -0.39 is 10.0 Å². The van der Waals surface area contributed by atoms with Gasteiger partial charge < -0.3 is 10.1 Å². The Morgan fingerprint density at radius 1 is 1.07 bits per heavy atom. The molecule has 0 fully saturated rings. The molecule has 0 heterocycles. The Balaban J connectivity index is 2.13. The number of thioether (sulfide) groups is 1. The first kappa shape index (κ1) is 23.3. The quantitative estimate of drug-likeness (QED) is 0.533. The van der Waals surface area contributed by atoms with Crippen LogP contribution in [0.2, 0.25) is 0 Å². The molecular formula is C21H28N2O4S2. The summed E-state index contributed by atoms with van der Waals surface area (Å²) in [5, 5.41) is 2.81. The van der Waals surface area contributed by atoms with E-state index in [9.17, 15) is 13.2 Å². The summed E-state index contributed by atoms with van der Waals surface area (Å²) >= 11 is 1.60. The third-order valence-electron chi connectivity index (χ3n) is 4.21. The summed E-state index contributed by atoms with van der Waals surface area (Å²) in [6.45, 7) is 6.60. The highest BCUT2D eigenvalue weighted by Gasteiger charge is 2.23. The molecule has 2 aromatic carbocycles. The number of nitrogens with zero attached hydrogens (tertiary/aromatic N) is 1. The standard InChI is InChI=1S/C21H28N2O4S2/c1-4-23(5-2)29(25,26)18-12-13-20(27-6-3)19(16-18)22-21(24)14-15-28-17-10-8-7-9-11-17/h7-13,16H,4-6,14-15H2,1-3H3,(H,22,24). The van der Waals surface area contributed by atoms with Gasteiger partial charge in [-0.15, -0.1) is 11.8 Å². The van der Waals surface area contributed by atoms with Crippen LogP contribution in [0.5, 0.6) is 5.75 Å². The Morgan fingerprint density at radius 3 is 2.38 bits per heavy atom. The number of hydrogen-bond donors (Lipinski definition) is 1. The molecule has 0 radical (unpaired) electrons. The monoisotopic (exact) mass is 436 g/mol. The molecule has 0 aliphatic carbocycles. The Kier molecular flexibility index (Phi) is 9.00. The average molecular weight is 437 g/mol. The number of carbonyl (C=O) groups excluding carboxylic acids is 1. The summed E-state index contributed by atoms with van der Waals surface area (Å²) in [5.41, 5.74) is 0.370. The lowest BCUT2D eigenvalue weighted by molar-refractivity contribution is -0.115. The van der Waals surface area contributed by atoms with Gasteiger partial charge in [0.05, 0.1) is 17.2 Å². The van der Waals surface area contributed by atoms with E-state index in [4.69, 9.17) is 4.74 Å². The lowest BCUT2D eigenvalue weighted by atomic mass is 10.3. The van der Waals surface area contributed by atoms with Crippen molar-refractivity contribution in [1.29, 1.82) is 0 Å². The van der Waals surface area contributed by atoms with Crippen molar-refractivity contribution in [3.8, 4) is 5.75 Å². The molecule has 2 rings (SSSR count). The molecular weight excluding hydrogens is 408 g/mol. The topological polar surface area (TPSA) is 75.7 Å². The second kappa shape index (κ2) is 11.2. The van der Waals surface area contributed by atoms with E-state index in [0.717, 1.165) is 4.90 Å². The van der Waals surface area contributed by atoms with Crippen LogP contribution in [0.1, 0.15) is 27.2 Å². The highest BCUT2D eigenvalue weighted by atomic mass is 32.2. The predicted molar refractivity (Wildman–Crippen MR) is 118 cm³/mol. The first-order valence-corrected chi connectivity index (χ1v) is 12.1. The molecule has 0 aromatic heterocycles. The number of ether oxygens (including phenoxy) is 1. The summed E-state index contributed by atoms with van der Waals surface area (Å²) in [4.78, 5) is 13.7. The fourth-order valence-electron chi connectivity index (χ4n) is 2.75. The first-order chi connectivity index (χ1) is 13.9. The van der Waals surface area contributed by atoms with Gasteiger partial charge in [0.1, 0.15) is 5.75 Å². The van der Waals surface area contributed by atoms with Gasteiger partial charge in [-0.2, -0.15) is 4.31 Å². The molecule has 158 valence electrons. The first-order valence-electron chi connectivity index (χ1n) is 9.67. The fourth-order valence-corrected chi connectivity index (χ4v) is 5.11. The van der Waals surface area contributed by atoms with E-state index in [-0.39, 0.29) is 10.8 Å². The largest absolute Gasteiger partial charge is 0.492 e. The van der Waals surface area contributed by atoms with Crippen LogP contribution >= 0.6 is 11.8 Å². The Morgan fingerprint density at radius 2 is 1.76 bits per heavy atom. The molecule has 29 heavy (non-hydrogen) atoms. The van der Waals surface area contributed by atoms with Crippen LogP contribution in [0.25, 0.3) is 0 Å². The minimum atomic E-state index is -3.62. The van der Waals surface area contributed by atoms with Crippen molar-refractivity contribution in [2.45, 2.75) is 37.0 Å². The van der Waals surface area contributed by atoms with Gasteiger partial charge in [0.25, 0.3) is 0 Å². The van der Waals surface area contributed by atoms with Crippen molar-refractivity contribution >= 4 is 33.4 Å². The van der Waals surface area contributed by atoms with Crippen molar-refractivity contribution in [3.63, 3.8) is 0 Å². The van der Waals surface area contributed by atoms with E-state index in [2.05, 4.69) is 5.32 Å². The average Bonchev–Trinajstić information content (AvgIpc) is 2.71. The van der Waals surface area contributed by atoms with Crippen LogP contribution in [-0.2, 0) is 14.8 Å². The molecule has 0 unspecified atom stereocenters. The predicted octanol–water partition coefficient (Wildman–Crippen LogP) is 4.24. The van der Waals surface area contributed by atoms with Crippen molar-refractivity contribution in [2.24, 2.45) is 0 Å². The zero-order chi connectivity index (χ0) is 21.3. The van der Waals surface area contributed by atoms with E-state index in [1.165, 1.54) is 16.4 Å². The van der Waals surface area contributed by atoms with Crippen LogP contribution in [0, 0.1) is 0 Å². The number of anilines is 1. The van der Waals surface area contributed by atoms with E-state index >= 15 is 0 Å². The third kappa shape index (κ3) is 6.48. The Labute approximate surface area is 177 Å². The maximum atomic E-state index is 12.8. The molecule has 0 bridgehead atoms. The third-order valence-corrected chi connectivity index (χ3v) is 7.27. The summed E-state index contributed by atoms with van der Waals surface area (Å²) in [6.07, 6.45) is 0.304. The number of benzene rings is 2. The number of rotatable bonds is 11. The second-order valence-corrected chi connectivity index (χ2v) is 9.25. The van der Waals surface area contributed by atoms with Gasteiger partial charge in [-0.3, -0.25) is 4.79 Å². The summed E-state index contributed by atoms with van der Waals surface area (Å²) in [7, 11) is -3.62. The number of carbonyl (C=O) groups is 1. The van der Waals surface area contributed by atoms with Crippen molar-refractivity contribution in [2.75, 3.05) is 30.8 Å². The van der Waals surface area contributed by atoms with Crippen LogP contribution < -0.4 is 10.1 Å². The normalized spacial score (nSPS) is 11.4. The highest BCUT2D eigenvalue weighted by molar-refractivity contribution is 7.99. The molecule has 1 N–H and O–H groups in total. The molecule has 0 aliphatic heterocycles. The lowest BCUT2D eigenvalue weighted by Gasteiger charge is -2.20. The minimum absolute atomic E-state index is 0.138. The zero-order valence-electron chi connectivity index (χ0n) is 17.1. The zero-order valence-corrected chi connectivity index (χ0v) is 18.7. The smallest absolute Gasteiger partial charge is 0.243 e. The van der Waals surface area contributed by atoms with E-state index in [1.807, 2.05) is 37.3 Å².